The van der Waals surface area contributed by atoms with Gasteiger partial charge in [-0.15, -0.1) is 0 Å². The summed E-state index contributed by atoms with van der Waals surface area (Å²) in [5.41, 5.74) is 0. The van der Waals surface area contributed by atoms with Gasteiger partial charge in [-0.3, -0.25) is 4.90 Å². The van der Waals surface area contributed by atoms with Crippen LogP contribution in [0.4, 0.5) is 0 Å². The molecule has 17 heavy (non-hydrogen) atoms. The fraction of sp³-hybridized carbons (Fsp3) is 1.00. The highest BCUT2D eigenvalue weighted by molar-refractivity contribution is 4.82. The highest BCUT2D eigenvalue weighted by atomic mass is 16.3. The number of unbranched alkanes of at least 4 members (excludes halogenated alkanes) is 1. The Morgan fingerprint density at radius 3 is 2.35 bits per heavy atom. The second kappa shape index (κ2) is 8.90. The average Bonchev–Trinajstić information content (AvgIpc) is 2.36. The third kappa shape index (κ3) is 5.36. The van der Waals surface area contributed by atoms with Crippen molar-refractivity contribution in [2.45, 2.75) is 64.5 Å². The normalized spacial score (nSPS) is 25.4. The van der Waals surface area contributed by atoms with Gasteiger partial charge in [-0.05, 0) is 45.2 Å². The molecule has 3 nitrogen and oxygen atoms in total. The molecular formula is C14H30N2O. The monoisotopic (exact) mass is 242 g/mol. The van der Waals surface area contributed by atoms with E-state index in [1.54, 1.807) is 0 Å². The molecule has 102 valence electrons. The molecule has 0 spiro atoms. The molecule has 0 heterocycles. The molecule has 1 rings (SSSR count). The number of aliphatic hydroxyl groups is 1. The van der Waals surface area contributed by atoms with Gasteiger partial charge in [-0.2, -0.15) is 0 Å². The third-order valence-corrected chi connectivity index (χ3v) is 3.89. The predicted octanol–water partition coefficient (Wildman–Crippen LogP) is 2.00. The maximum Gasteiger partial charge on any atom is 0.0558 e. The van der Waals surface area contributed by atoms with Gasteiger partial charge in [0.25, 0.3) is 0 Å². The minimum absolute atomic E-state index is 0.302. The van der Waals surface area contributed by atoms with E-state index in [1.165, 1.54) is 38.5 Å². The molecule has 0 radical (unpaired) electrons. The summed E-state index contributed by atoms with van der Waals surface area (Å²) in [5, 5.41) is 12.7. The quantitative estimate of drug-likeness (QED) is 0.683. The molecule has 0 unspecified atom stereocenters. The molecule has 0 aromatic heterocycles. The van der Waals surface area contributed by atoms with E-state index in [0.29, 0.717) is 12.6 Å². The van der Waals surface area contributed by atoms with Crippen LogP contribution in [-0.4, -0.2) is 48.3 Å². The summed E-state index contributed by atoms with van der Waals surface area (Å²) in [6, 6.07) is 1.45. The Labute approximate surface area is 107 Å². The van der Waals surface area contributed by atoms with Crippen molar-refractivity contribution in [3.63, 3.8) is 0 Å². The highest BCUT2D eigenvalue weighted by Crippen LogP contribution is 2.23. The van der Waals surface area contributed by atoms with Gasteiger partial charge in [-0.25, -0.2) is 0 Å². The average molecular weight is 242 g/mol. The summed E-state index contributed by atoms with van der Waals surface area (Å²) in [6.07, 6.45) is 7.68. The van der Waals surface area contributed by atoms with Gasteiger partial charge >= 0.3 is 0 Å². The fourth-order valence-corrected chi connectivity index (χ4v) is 2.90. The molecule has 0 saturated heterocycles. The van der Waals surface area contributed by atoms with E-state index >= 15 is 0 Å². The van der Waals surface area contributed by atoms with Gasteiger partial charge in [0.2, 0.25) is 0 Å². The first-order valence-corrected chi connectivity index (χ1v) is 7.40. The van der Waals surface area contributed by atoms with Gasteiger partial charge in [0.15, 0.2) is 0 Å². The molecule has 0 aromatic rings. The van der Waals surface area contributed by atoms with Crippen LogP contribution in [0.2, 0.25) is 0 Å². The van der Waals surface area contributed by atoms with Crippen molar-refractivity contribution in [1.82, 2.24) is 10.2 Å². The number of nitrogens with one attached hydrogen (secondary N) is 1. The third-order valence-electron chi connectivity index (χ3n) is 3.89. The van der Waals surface area contributed by atoms with E-state index < -0.39 is 0 Å². The van der Waals surface area contributed by atoms with Crippen LogP contribution in [0.15, 0.2) is 0 Å². The molecule has 0 aromatic carbocycles. The molecule has 0 bridgehead atoms. The topological polar surface area (TPSA) is 35.5 Å². The van der Waals surface area contributed by atoms with Crippen molar-refractivity contribution in [2.24, 2.45) is 0 Å². The zero-order chi connectivity index (χ0) is 12.5. The second-order valence-corrected chi connectivity index (χ2v) is 5.18. The predicted molar refractivity (Wildman–Crippen MR) is 73.3 cm³/mol. The van der Waals surface area contributed by atoms with Crippen molar-refractivity contribution in [3.8, 4) is 0 Å². The lowest BCUT2D eigenvalue weighted by molar-refractivity contribution is 0.114. The smallest absolute Gasteiger partial charge is 0.0558 e. The summed E-state index contributed by atoms with van der Waals surface area (Å²) in [4.78, 5) is 2.51. The van der Waals surface area contributed by atoms with Crippen molar-refractivity contribution in [2.75, 3.05) is 26.2 Å². The minimum Gasteiger partial charge on any atom is -0.395 e. The standard InChI is InChI=1S/C14H30N2O/c1-3-5-10-16(11-12-17)14-8-6-13(7-9-14)15-4-2/h13-15,17H,3-12H2,1-2H3. The van der Waals surface area contributed by atoms with Crippen LogP contribution in [0, 0.1) is 0 Å². The number of rotatable bonds is 8. The largest absolute Gasteiger partial charge is 0.395 e. The van der Waals surface area contributed by atoms with Crippen LogP contribution in [0.1, 0.15) is 52.4 Å². The van der Waals surface area contributed by atoms with Crippen LogP contribution < -0.4 is 5.32 Å². The Kier molecular flexibility index (Phi) is 7.82. The van der Waals surface area contributed by atoms with Crippen molar-refractivity contribution in [3.05, 3.63) is 0 Å². The van der Waals surface area contributed by atoms with Gasteiger partial charge in [0.05, 0.1) is 6.61 Å². The van der Waals surface area contributed by atoms with Gasteiger partial charge in [0, 0.05) is 18.6 Å². The summed E-state index contributed by atoms with van der Waals surface area (Å²) in [6.45, 7) is 7.83. The molecule has 1 aliphatic carbocycles. The van der Waals surface area contributed by atoms with E-state index in [9.17, 15) is 0 Å². The Morgan fingerprint density at radius 1 is 1.12 bits per heavy atom. The molecule has 0 amide bonds. The Morgan fingerprint density at radius 2 is 1.82 bits per heavy atom. The molecule has 1 aliphatic rings. The van der Waals surface area contributed by atoms with Gasteiger partial charge in [-0.1, -0.05) is 20.3 Å². The maximum atomic E-state index is 9.15. The van der Waals surface area contributed by atoms with Crippen LogP contribution in [0.3, 0.4) is 0 Å². The Hall–Kier alpha value is -0.120. The van der Waals surface area contributed by atoms with E-state index in [4.69, 9.17) is 5.11 Å². The highest BCUT2D eigenvalue weighted by Gasteiger charge is 2.24. The number of nitrogens with zero attached hydrogens (tertiary/aromatic N) is 1. The first kappa shape index (κ1) is 14.9. The van der Waals surface area contributed by atoms with E-state index in [-0.39, 0.29) is 0 Å². The molecular weight excluding hydrogens is 212 g/mol. The lowest BCUT2D eigenvalue weighted by Gasteiger charge is -2.37. The summed E-state index contributed by atoms with van der Waals surface area (Å²) >= 11 is 0. The van der Waals surface area contributed by atoms with E-state index in [2.05, 4.69) is 24.1 Å². The van der Waals surface area contributed by atoms with Crippen LogP contribution in [-0.2, 0) is 0 Å². The minimum atomic E-state index is 0.302. The zero-order valence-electron chi connectivity index (χ0n) is 11.6. The van der Waals surface area contributed by atoms with Crippen molar-refractivity contribution < 1.29 is 5.11 Å². The number of hydrogen-bond donors (Lipinski definition) is 2. The van der Waals surface area contributed by atoms with Gasteiger partial charge in [0.1, 0.15) is 0 Å². The molecule has 0 aliphatic heterocycles. The number of aliphatic hydroxyl groups excluding tert-OH is 1. The molecule has 1 saturated carbocycles. The Bertz CT molecular complexity index is 179. The molecule has 2 N–H and O–H groups in total. The first-order chi connectivity index (χ1) is 8.31. The van der Waals surface area contributed by atoms with Crippen LogP contribution in [0.25, 0.3) is 0 Å². The first-order valence-electron chi connectivity index (χ1n) is 7.40. The summed E-state index contributed by atoms with van der Waals surface area (Å²) < 4.78 is 0. The van der Waals surface area contributed by atoms with Crippen LogP contribution >= 0.6 is 0 Å². The summed E-state index contributed by atoms with van der Waals surface area (Å²) in [5.74, 6) is 0. The lowest BCUT2D eigenvalue weighted by Crippen LogP contribution is -2.43. The summed E-state index contributed by atoms with van der Waals surface area (Å²) in [7, 11) is 0. The maximum absolute atomic E-state index is 9.15. The van der Waals surface area contributed by atoms with Crippen molar-refractivity contribution in [1.29, 1.82) is 0 Å². The Balaban J connectivity index is 2.31. The molecule has 3 heteroatoms. The second-order valence-electron chi connectivity index (χ2n) is 5.18. The fourth-order valence-electron chi connectivity index (χ4n) is 2.90. The SMILES string of the molecule is CCCCN(CCO)C1CCC(NCC)CC1. The number of hydrogen-bond acceptors (Lipinski definition) is 3. The zero-order valence-corrected chi connectivity index (χ0v) is 11.6. The van der Waals surface area contributed by atoms with E-state index in [0.717, 1.165) is 25.7 Å². The molecule has 1 fully saturated rings. The van der Waals surface area contributed by atoms with Crippen molar-refractivity contribution >= 4 is 0 Å². The van der Waals surface area contributed by atoms with Crippen LogP contribution in [0.5, 0.6) is 0 Å². The van der Waals surface area contributed by atoms with Gasteiger partial charge < -0.3 is 10.4 Å². The molecule has 0 atom stereocenters. The van der Waals surface area contributed by atoms with E-state index in [1.807, 2.05) is 0 Å². The lowest BCUT2D eigenvalue weighted by atomic mass is 9.90.